The first-order valence-electron chi connectivity index (χ1n) is 14.0. The second-order valence-electron chi connectivity index (χ2n) is 10.9. The number of benzene rings is 3. The normalized spacial score (nSPS) is 14.8. The Labute approximate surface area is 237 Å². The van der Waals surface area contributed by atoms with Gasteiger partial charge < -0.3 is 10.0 Å². The van der Waals surface area contributed by atoms with Crippen LogP contribution in [-0.2, 0) is 17.9 Å². The smallest absolute Gasteiger partial charge is 0.201 e. The molecule has 3 aromatic carbocycles. The number of rotatable bonds is 8. The topological polar surface area (TPSA) is 43.5 Å². The van der Waals surface area contributed by atoms with Crippen molar-refractivity contribution in [2.24, 2.45) is 0 Å². The summed E-state index contributed by atoms with van der Waals surface area (Å²) in [7, 11) is 0. The van der Waals surface area contributed by atoms with E-state index in [4.69, 9.17) is 0 Å². The molecule has 0 saturated heterocycles. The minimum atomic E-state index is -0.118. The Balaban J connectivity index is 1.36. The van der Waals surface area contributed by atoms with Crippen LogP contribution in [0.1, 0.15) is 44.4 Å². The molecule has 2 aliphatic rings. The van der Waals surface area contributed by atoms with Crippen LogP contribution in [0.5, 0.6) is 0 Å². The Morgan fingerprint density at radius 1 is 0.725 bits per heavy atom. The van der Waals surface area contributed by atoms with Crippen molar-refractivity contribution >= 4 is 22.8 Å². The summed E-state index contributed by atoms with van der Waals surface area (Å²) in [6.45, 7) is 10.3. The number of ketones is 1. The van der Waals surface area contributed by atoms with Gasteiger partial charge in [-0.2, -0.15) is 0 Å². The SMILES string of the molecule is CC(C)N(Cc1ccccc1)c1ccc(C2=C(O)C(=C3C=CC(=[N+](Cc4ccccc4)C(C)C)C=C3)C2=O)cc1. The fourth-order valence-corrected chi connectivity index (χ4v) is 5.28. The van der Waals surface area contributed by atoms with Gasteiger partial charge in [0, 0.05) is 36.0 Å². The predicted octanol–water partition coefficient (Wildman–Crippen LogP) is 7.44. The molecular weight excluding hydrogens is 492 g/mol. The van der Waals surface area contributed by atoms with Crippen molar-refractivity contribution in [1.29, 1.82) is 0 Å². The van der Waals surface area contributed by atoms with Gasteiger partial charge in [0.1, 0.15) is 11.8 Å². The number of hydrogen-bond acceptors (Lipinski definition) is 3. The number of anilines is 1. The monoisotopic (exact) mass is 529 g/mol. The van der Waals surface area contributed by atoms with Gasteiger partial charge in [-0.3, -0.25) is 4.79 Å². The number of allylic oxidation sites excluding steroid dienone is 7. The molecule has 0 spiro atoms. The number of nitrogens with zero attached hydrogens (tertiary/aromatic N) is 2. The maximum atomic E-state index is 13.2. The van der Waals surface area contributed by atoms with E-state index in [2.05, 4.69) is 85.7 Å². The van der Waals surface area contributed by atoms with Crippen molar-refractivity contribution in [2.75, 3.05) is 4.90 Å². The molecule has 3 aromatic rings. The van der Waals surface area contributed by atoms with Crippen molar-refractivity contribution in [3.8, 4) is 0 Å². The fourth-order valence-electron chi connectivity index (χ4n) is 5.28. The lowest BCUT2D eigenvalue weighted by molar-refractivity contribution is -0.572. The zero-order valence-corrected chi connectivity index (χ0v) is 23.7. The minimum Gasteiger partial charge on any atom is -0.506 e. The van der Waals surface area contributed by atoms with Crippen LogP contribution < -0.4 is 4.90 Å². The first-order chi connectivity index (χ1) is 19.3. The fraction of sp³-hybridized carbons (Fsp3) is 0.222. The Morgan fingerprint density at radius 2 is 1.30 bits per heavy atom. The third-order valence-corrected chi connectivity index (χ3v) is 7.54. The summed E-state index contributed by atoms with van der Waals surface area (Å²) in [5, 5.41) is 11.0. The number of Topliss-reactive ketones (excluding diaryl/α,β-unsaturated/α-hetero) is 1. The van der Waals surface area contributed by atoms with Gasteiger partial charge in [-0.15, -0.1) is 0 Å². The molecule has 202 valence electrons. The molecule has 0 fully saturated rings. The van der Waals surface area contributed by atoms with Crippen molar-refractivity contribution in [3.63, 3.8) is 0 Å². The van der Waals surface area contributed by atoms with Crippen molar-refractivity contribution in [2.45, 2.75) is 52.9 Å². The van der Waals surface area contributed by atoms with Crippen LogP contribution >= 0.6 is 0 Å². The predicted molar refractivity (Wildman–Crippen MR) is 165 cm³/mol. The molecule has 0 aromatic heterocycles. The summed E-state index contributed by atoms with van der Waals surface area (Å²) in [6, 6.07) is 29.4. The summed E-state index contributed by atoms with van der Waals surface area (Å²) in [5.41, 5.74) is 6.91. The van der Waals surface area contributed by atoms with E-state index in [1.54, 1.807) is 0 Å². The van der Waals surface area contributed by atoms with E-state index in [1.165, 1.54) is 11.1 Å². The van der Waals surface area contributed by atoms with Gasteiger partial charge in [0.15, 0.2) is 12.3 Å². The minimum absolute atomic E-state index is 0.0699. The molecule has 0 amide bonds. The van der Waals surface area contributed by atoms with Crippen LogP contribution in [0.2, 0.25) is 0 Å². The van der Waals surface area contributed by atoms with Crippen molar-refractivity contribution in [1.82, 2.24) is 0 Å². The highest BCUT2D eigenvalue weighted by Gasteiger charge is 2.36. The molecule has 1 N–H and O–H groups in total. The molecule has 0 heterocycles. The number of carbonyl (C=O) groups is 1. The third kappa shape index (κ3) is 5.62. The Bertz CT molecular complexity index is 1520. The lowest BCUT2D eigenvalue weighted by Crippen LogP contribution is -2.30. The van der Waals surface area contributed by atoms with Crippen LogP contribution in [0.15, 0.2) is 126 Å². The molecule has 2 aliphatic carbocycles. The Kier molecular flexibility index (Phi) is 7.97. The van der Waals surface area contributed by atoms with E-state index in [1.807, 2.05) is 60.7 Å². The van der Waals surface area contributed by atoms with Gasteiger partial charge in [-0.1, -0.05) is 72.8 Å². The van der Waals surface area contributed by atoms with Crippen LogP contribution in [-0.4, -0.2) is 33.3 Å². The summed E-state index contributed by atoms with van der Waals surface area (Å²) in [6.07, 6.45) is 7.93. The molecule has 0 radical (unpaired) electrons. The van der Waals surface area contributed by atoms with E-state index < -0.39 is 0 Å². The molecule has 40 heavy (non-hydrogen) atoms. The summed E-state index contributed by atoms with van der Waals surface area (Å²) >= 11 is 0. The second-order valence-corrected chi connectivity index (χ2v) is 10.9. The maximum absolute atomic E-state index is 13.2. The highest BCUT2D eigenvalue weighted by molar-refractivity contribution is 6.39. The first-order valence-corrected chi connectivity index (χ1v) is 14.0. The van der Waals surface area contributed by atoms with E-state index >= 15 is 0 Å². The number of aliphatic hydroxyl groups excluding tert-OH is 1. The number of carbonyl (C=O) groups excluding carboxylic acids is 1. The van der Waals surface area contributed by atoms with Gasteiger partial charge in [0.05, 0.1) is 11.1 Å². The number of aliphatic hydroxyl groups is 1. The van der Waals surface area contributed by atoms with Gasteiger partial charge >= 0.3 is 0 Å². The average molecular weight is 530 g/mol. The lowest BCUT2D eigenvalue weighted by Gasteiger charge is -2.30. The van der Waals surface area contributed by atoms with Crippen molar-refractivity contribution < 1.29 is 14.5 Å². The molecule has 0 bridgehead atoms. The Hall–Kier alpha value is -4.44. The quantitative estimate of drug-likeness (QED) is 0.244. The molecule has 4 heteroatoms. The summed E-state index contributed by atoms with van der Waals surface area (Å²) in [4.78, 5) is 15.6. The maximum Gasteiger partial charge on any atom is 0.201 e. The highest BCUT2D eigenvalue weighted by Crippen LogP contribution is 2.39. The summed E-state index contributed by atoms with van der Waals surface area (Å²) < 4.78 is 2.33. The highest BCUT2D eigenvalue weighted by atomic mass is 16.3. The van der Waals surface area contributed by atoms with Crippen LogP contribution in [0.4, 0.5) is 5.69 Å². The number of hydrogen-bond donors (Lipinski definition) is 1. The van der Waals surface area contributed by atoms with E-state index in [0.29, 0.717) is 23.2 Å². The summed E-state index contributed by atoms with van der Waals surface area (Å²) in [5.74, 6) is -0.0477. The van der Waals surface area contributed by atoms with Crippen LogP contribution in [0.25, 0.3) is 5.57 Å². The molecule has 5 rings (SSSR count). The van der Waals surface area contributed by atoms with E-state index in [9.17, 15) is 9.90 Å². The average Bonchev–Trinajstić information content (AvgIpc) is 2.96. The third-order valence-electron chi connectivity index (χ3n) is 7.54. The molecule has 0 unspecified atom stereocenters. The zero-order chi connectivity index (χ0) is 28.2. The molecular formula is C36H37N2O2+. The second kappa shape index (κ2) is 11.7. The Morgan fingerprint density at radius 3 is 1.82 bits per heavy atom. The first kappa shape index (κ1) is 27.1. The molecule has 0 aliphatic heterocycles. The van der Waals surface area contributed by atoms with Gasteiger partial charge in [0.25, 0.3) is 0 Å². The van der Waals surface area contributed by atoms with E-state index in [-0.39, 0.29) is 11.5 Å². The van der Waals surface area contributed by atoms with Gasteiger partial charge in [-0.25, -0.2) is 4.58 Å². The molecule has 0 saturated carbocycles. The lowest BCUT2D eigenvalue weighted by atomic mass is 9.80. The largest absolute Gasteiger partial charge is 0.506 e. The van der Waals surface area contributed by atoms with Gasteiger partial charge in [-0.05, 0) is 68.7 Å². The standard InChI is InChI=1S/C36H36N2O2/c1-25(2)37(23-27-11-7-5-8-12-27)31-19-15-29(16-20-31)33-35(39)34(36(33)40)30-17-21-32(22-18-30)38(26(3)4)24-28-13-9-6-10-14-28/h5-22,25-26H,23-24H2,1-4H3/p+1. The van der Waals surface area contributed by atoms with E-state index in [0.717, 1.165) is 35.6 Å². The zero-order valence-electron chi connectivity index (χ0n) is 23.7. The molecule has 4 nitrogen and oxygen atoms in total. The van der Waals surface area contributed by atoms with Crippen LogP contribution in [0.3, 0.4) is 0 Å². The van der Waals surface area contributed by atoms with Crippen molar-refractivity contribution in [3.05, 3.63) is 143 Å². The molecule has 0 atom stereocenters. The van der Waals surface area contributed by atoms with Gasteiger partial charge in [0.2, 0.25) is 5.78 Å². The van der Waals surface area contributed by atoms with Crippen LogP contribution in [0, 0.1) is 0 Å².